The molecule has 1 saturated heterocycles. The molecule has 18 nitrogen and oxygen atoms in total. The quantitative estimate of drug-likeness (QED) is 0.0275. The van der Waals surface area contributed by atoms with Gasteiger partial charge >= 0.3 is 12.2 Å². The number of nitrogens with zero attached hydrogens (tertiary/aromatic N) is 4. The molecule has 20 heteroatoms. The lowest BCUT2D eigenvalue weighted by atomic mass is 9.89. The predicted molar refractivity (Wildman–Crippen MR) is 311 cm³/mol. The minimum Gasteiger partial charge on any atom is -0.445 e. The van der Waals surface area contributed by atoms with Crippen molar-refractivity contribution in [3.05, 3.63) is 90.1 Å². The number of pyridine rings is 1. The van der Waals surface area contributed by atoms with Crippen LogP contribution in [-0.4, -0.2) is 149 Å². The van der Waals surface area contributed by atoms with Gasteiger partial charge in [-0.05, 0) is 108 Å². The number of benzene rings is 2. The lowest BCUT2D eigenvalue weighted by Gasteiger charge is -2.41. The van der Waals surface area contributed by atoms with Gasteiger partial charge in [0.2, 0.25) is 23.6 Å². The van der Waals surface area contributed by atoms with E-state index in [4.69, 9.17) is 18.9 Å². The van der Waals surface area contributed by atoms with E-state index >= 15 is 0 Å². The van der Waals surface area contributed by atoms with Gasteiger partial charge < -0.3 is 44.5 Å². The Morgan fingerprint density at radius 2 is 1.53 bits per heavy atom. The van der Waals surface area contributed by atoms with Gasteiger partial charge in [-0.1, -0.05) is 103 Å². The molecule has 2 aliphatic rings. The molecule has 1 aromatic heterocycles. The van der Waals surface area contributed by atoms with E-state index in [1.54, 1.807) is 84.1 Å². The minimum atomic E-state index is -1.00. The topological polar surface area (TPSA) is 218 Å². The van der Waals surface area contributed by atoms with Crippen LogP contribution in [0.15, 0.2) is 84.0 Å². The molecule has 6 amide bonds. The first-order valence-corrected chi connectivity index (χ1v) is 30.1. The van der Waals surface area contributed by atoms with Crippen LogP contribution >= 0.6 is 21.2 Å². The third kappa shape index (κ3) is 18.0. The number of rotatable bonds is 27. The van der Waals surface area contributed by atoms with Crippen LogP contribution in [0.2, 0.25) is 0 Å². The molecule has 0 spiro atoms. The zero-order valence-corrected chi connectivity index (χ0v) is 49.9. The molecule has 79 heavy (non-hydrogen) atoms. The van der Waals surface area contributed by atoms with Crippen LogP contribution < -0.4 is 16.0 Å². The first-order chi connectivity index (χ1) is 37.7. The van der Waals surface area contributed by atoms with Crippen molar-refractivity contribution in [2.75, 3.05) is 40.2 Å². The van der Waals surface area contributed by atoms with Crippen LogP contribution in [0.25, 0.3) is 0 Å². The summed E-state index contributed by atoms with van der Waals surface area (Å²) in [5.41, 5.74) is 1.86. The van der Waals surface area contributed by atoms with Crippen molar-refractivity contribution in [3.63, 3.8) is 0 Å². The summed E-state index contributed by atoms with van der Waals surface area (Å²) >= 11 is 0. The number of likely N-dealkylation sites (N-methyl/N-ethyl adjacent to an activating group) is 2. The molecule has 5 rings (SSSR count). The lowest BCUT2D eigenvalue weighted by Crippen LogP contribution is -2.60. The SMILES string of the molecule is CC[C@H](C)[C@@H]([C@@H](CC(=O)N1CCC[C@H]1[C@H](OC)[C@@H](C)C(=O)N[C@H](C)[C@@H](O)c1ccccc1)OC)N(C)C(=O)[C@@H](NC(=O)[C@H](C(C)C)N(C)C(=O)OCc1ccc(NC(=O)O[C@@H]2CCCC2/C=[SH]/Sc2ccccn2)cc1)C(C)C. The lowest BCUT2D eigenvalue weighted by molar-refractivity contribution is -0.148. The van der Waals surface area contributed by atoms with E-state index in [-0.39, 0.29) is 60.5 Å². The second kappa shape index (κ2) is 31.5. The second-order valence-electron chi connectivity index (χ2n) is 21.7. The van der Waals surface area contributed by atoms with Gasteiger partial charge in [-0.3, -0.25) is 29.4 Å². The molecule has 12 atom stereocenters. The smallest absolute Gasteiger partial charge is 0.411 e. The van der Waals surface area contributed by atoms with Crippen LogP contribution in [-0.2, 0) is 44.7 Å². The minimum absolute atomic E-state index is 0.0538. The number of hydrogen-bond donors (Lipinski definition) is 5. The summed E-state index contributed by atoms with van der Waals surface area (Å²) in [5, 5.41) is 22.8. The van der Waals surface area contributed by atoms with Crippen molar-refractivity contribution >= 4 is 68.0 Å². The van der Waals surface area contributed by atoms with Crippen molar-refractivity contribution in [2.24, 2.45) is 29.6 Å². The van der Waals surface area contributed by atoms with E-state index in [1.807, 2.05) is 77.9 Å². The number of methoxy groups -OCH3 is 2. The molecule has 0 bridgehead atoms. The Balaban J connectivity index is 1.16. The number of nitrogens with one attached hydrogen (secondary N) is 3. The molecule has 436 valence electrons. The number of anilines is 1. The van der Waals surface area contributed by atoms with Gasteiger partial charge in [0.25, 0.3) is 0 Å². The summed E-state index contributed by atoms with van der Waals surface area (Å²) in [5.74, 6) is -2.78. The number of likely N-dealkylation sites (tertiary alicyclic amines) is 1. The number of carbonyl (C=O) groups is 6. The molecule has 4 N–H and O–H groups in total. The molecule has 3 aromatic rings. The Kier molecular flexibility index (Phi) is 25.6. The fourth-order valence-electron chi connectivity index (χ4n) is 10.7. The molecular weight excluding hydrogens is 1050 g/mol. The molecule has 1 aliphatic heterocycles. The summed E-state index contributed by atoms with van der Waals surface area (Å²) in [6.45, 7) is 15.2. The third-order valence-corrected chi connectivity index (χ3v) is 17.7. The van der Waals surface area contributed by atoms with E-state index in [0.29, 0.717) is 42.6 Å². The van der Waals surface area contributed by atoms with Crippen molar-refractivity contribution in [3.8, 4) is 0 Å². The van der Waals surface area contributed by atoms with E-state index in [9.17, 15) is 33.9 Å². The average Bonchev–Trinajstić information content (AvgIpc) is 4.16. The van der Waals surface area contributed by atoms with E-state index < -0.39 is 72.5 Å². The summed E-state index contributed by atoms with van der Waals surface area (Å²) < 4.78 is 23.6. The average molecular weight is 1130 g/mol. The number of carbonyl (C=O) groups excluding carboxylic acids is 6. The molecular formula is C59H87N7O11S2. The molecule has 1 unspecified atom stereocenters. The highest BCUT2D eigenvalue weighted by Gasteiger charge is 2.44. The summed E-state index contributed by atoms with van der Waals surface area (Å²) in [6, 6.07) is 18.2. The van der Waals surface area contributed by atoms with E-state index in [0.717, 1.165) is 34.7 Å². The van der Waals surface area contributed by atoms with Gasteiger partial charge in [-0.2, -0.15) is 0 Å². The number of amides is 6. The van der Waals surface area contributed by atoms with Gasteiger partial charge in [-0.25, -0.2) is 14.6 Å². The maximum absolute atomic E-state index is 14.7. The number of aliphatic hydroxyl groups is 1. The van der Waals surface area contributed by atoms with Crippen molar-refractivity contribution < 1.29 is 52.8 Å². The summed E-state index contributed by atoms with van der Waals surface area (Å²) in [6.07, 6.45) is 2.63. The molecule has 0 radical (unpaired) electrons. The molecule has 2 fully saturated rings. The number of aliphatic hydroxyl groups excluding tert-OH is 1. The van der Waals surface area contributed by atoms with Crippen molar-refractivity contribution in [1.82, 2.24) is 30.3 Å². The highest BCUT2D eigenvalue weighted by molar-refractivity contribution is 8.75. The van der Waals surface area contributed by atoms with E-state index in [2.05, 4.69) is 26.3 Å². The van der Waals surface area contributed by atoms with Crippen molar-refractivity contribution in [2.45, 2.75) is 167 Å². The molecule has 1 aliphatic carbocycles. The maximum Gasteiger partial charge on any atom is 0.411 e. The number of thiol groups is 1. The normalized spacial score (nSPS) is 19.9. The van der Waals surface area contributed by atoms with Crippen LogP contribution in [0, 0.1) is 29.6 Å². The summed E-state index contributed by atoms with van der Waals surface area (Å²) in [4.78, 5) is 92.5. The van der Waals surface area contributed by atoms with Crippen LogP contribution in [0.1, 0.15) is 118 Å². The van der Waals surface area contributed by atoms with Crippen LogP contribution in [0.3, 0.4) is 0 Å². The van der Waals surface area contributed by atoms with Gasteiger partial charge in [0, 0.05) is 52.7 Å². The first-order valence-electron chi connectivity index (χ1n) is 27.7. The Bertz CT molecular complexity index is 2460. The zero-order chi connectivity index (χ0) is 57.9. The zero-order valence-electron chi connectivity index (χ0n) is 48.2. The Morgan fingerprint density at radius 3 is 2.15 bits per heavy atom. The predicted octanol–water partition coefficient (Wildman–Crippen LogP) is 8.67. The number of ether oxygens (including phenoxy) is 4. The maximum atomic E-state index is 14.7. The highest BCUT2D eigenvalue weighted by Crippen LogP contribution is 2.33. The first kappa shape index (κ1) is 64.3. The molecule has 2 heterocycles. The van der Waals surface area contributed by atoms with Gasteiger partial charge in [0.1, 0.15) is 29.8 Å². The Hall–Kier alpha value is -5.54. The standard InChI is InChI=1S/C59H87N7O11S2/c1-13-38(6)52(47(74-11)33-49(67)66-32-20-24-45(66)54(75-12)39(7)55(69)61-40(8)53(68)42-21-15-14-16-22-42)64(9)57(71)50(36(2)3)63-56(70)51(37(4)5)65(10)59(73)76-34-41-27-29-44(30-28-41)62-58(72)77-46-25-19-23-43(46)35-78-79-48-26-17-18-31-60-48/h14-18,21-22,26-31,35-40,43,45-47,50-54,68,78H,13,19-20,23-25,32-34H2,1-12H3,(H,61,69)(H,62,72)(H,63,70)/t38-,39+,40+,43?,45-,46+,47+,50-,51-,52-,53+,54+/m0/s1. The van der Waals surface area contributed by atoms with Gasteiger partial charge in [0.05, 0.1) is 48.8 Å². The summed E-state index contributed by atoms with van der Waals surface area (Å²) in [7, 11) is 8.87. The third-order valence-electron chi connectivity index (χ3n) is 15.4. The second-order valence-corrected chi connectivity index (χ2v) is 24.0. The molecule has 2 aromatic carbocycles. The molecule has 1 saturated carbocycles. The van der Waals surface area contributed by atoms with Crippen LogP contribution in [0.4, 0.5) is 15.3 Å². The van der Waals surface area contributed by atoms with E-state index in [1.165, 1.54) is 26.2 Å². The van der Waals surface area contributed by atoms with Crippen LogP contribution in [0.5, 0.6) is 0 Å². The largest absolute Gasteiger partial charge is 0.445 e. The number of hydrogen-bond acceptors (Lipinski definition) is 13. The van der Waals surface area contributed by atoms with Gasteiger partial charge in [0.15, 0.2) is 0 Å². The van der Waals surface area contributed by atoms with Crippen molar-refractivity contribution in [1.29, 1.82) is 0 Å². The highest BCUT2D eigenvalue weighted by atomic mass is 33.1. The fraction of sp³-hybridized carbons (Fsp3) is 0.593. The monoisotopic (exact) mass is 1130 g/mol. The Labute approximate surface area is 475 Å². The Morgan fingerprint density at radius 1 is 0.835 bits per heavy atom. The fourth-order valence-corrected chi connectivity index (χ4v) is 13.0. The van der Waals surface area contributed by atoms with Gasteiger partial charge in [-0.15, -0.1) is 10.4 Å². The number of aromatic nitrogens is 1.